The van der Waals surface area contributed by atoms with Crippen molar-refractivity contribution in [3.05, 3.63) is 27.7 Å². The molecule has 15 heavy (non-hydrogen) atoms. The molecule has 0 aliphatic heterocycles. The molecule has 84 valence electrons. The van der Waals surface area contributed by atoms with E-state index in [4.69, 9.17) is 10.5 Å². The zero-order valence-electron chi connectivity index (χ0n) is 9.73. The van der Waals surface area contributed by atoms with E-state index < -0.39 is 0 Å². The largest absolute Gasteiger partial charge is 0.496 e. The minimum Gasteiger partial charge on any atom is -0.496 e. The average Bonchev–Trinajstić information content (AvgIpc) is 2.15. The van der Waals surface area contributed by atoms with Crippen molar-refractivity contribution in [3.8, 4) is 5.75 Å². The third-order valence-electron chi connectivity index (χ3n) is 2.41. The van der Waals surface area contributed by atoms with Gasteiger partial charge in [-0.15, -0.1) is 0 Å². The zero-order valence-corrected chi connectivity index (χ0v) is 11.3. The second-order valence-corrected chi connectivity index (χ2v) is 5.14. The number of ether oxygens (including phenoxy) is 1. The van der Waals surface area contributed by atoms with Crippen molar-refractivity contribution in [1.82, 2.24) is 0 Å². The second-order valence-electron chi connectivity index (χ2n) is 4.22. The van der Waals surface area contributed by atoms with E-state index in [-0.39, 0.29) is 5.54 Å². The van der Waals surface area contributed by atoms with Crippen LogP contribution in [0, 0.1) is 0 Å². The highest BCUT2D eigenvalue weighted by Crippen LogP contribution is 2.34. The summed E-state index contributed by atoms with van der Waals surface area (Å²) in [4.78, 5) is 0. The highest BCUT2D eigenvalue weighted by atomic mass is 79.9. The van der Waals surface area contributed by atoms with E-state index >= 15 is 0 Å². The van der Waals surface area contributed by atoms with Gasteiger partial charge in [-0.1, -0.05) is 22.9 Å². The van der Waals surface area contributed by atoms with Crippen molar-refractivity contribution in [2.24, 2.45) is 5.73 Å². The summed E-state index contributed by atoms with van der Waals surface area (Å²) in [5.41, 5.74) is 7.95. The molecule has 1 rings (SSSR count). The summed E-state index contributed by atoms with van der Waals surface area (Å²) in [6.45, 7) is 6.07. The Hall–Kier alpha value is -0.540. The molecule has 0 aromatic heterocycles. The van der Waals surface area contributed by atoms with Crippen molar-refractivity contribution in [1.29, 1.82) is 0 Å². The summed E-state index contributed by atoms with van der Waals surface area (Å²) in [6, 6.07) is 4.10. The Labute approximate surface area is 99.9 Å². The highest BCUT2D eigenvalue weighted by Gasteiger charge is 2.21. The number of aryl methyl sites for hydroxylation is 1. The van der Waals surface area contributed by atoms with Gasteiger partial charge < -0.3 is 10.5 Å². The van der Waals surface area contributed by atoms with Gasteiger partial charge in [0.05, 0.1) is 7.11 Å². The summed E-state index contributed by atoms with van der Waals surface area (Å²) in [5, 5.41) is 0. The van der Waals surface area contributed by atoms with Crippen LogP contribution in [0.25, 0.3) is 0 Å². The molecule has 0 fully saturated rings. The molecule has 0 amide bonds. The van der Waals surface area contributed by atoms with E-state index in [1.165, 1.54) is 5.56 Å². The van der Waals surface area contributed by atoms with E-state index in [2.05, 4.69) is 28.9 Å². The van der Waals surface area contributed by atoms with Gasteiger partial charge in [0.25, 0.3) is 0 Å². The summed E-state index contributed by atoms with van der Waals surface area (Å²) < 4.78 is 6.50. The first kappa shape index (κ1) is 12.5. The molecule has 0 atom stereocenters. The summed E-state index contributed by atoms with van der Waals surface area (Å²) in [6.07, 6.45) is 0.936. The second kappa shape index (κ2) is 4.54. The van der Waals surface area contributed by atoms with E-state index in [9.17, 15) is 0 Å². The van der Waals surface area contributed by atoms with E-state index in [0.717, 1.165) is 22.2 Å². The van der Waals surface area contributed by atoms with Crippen molar-refractivity contribution >= 4 is 15.9 Å². The third kappa shape index (κ3) is 2.73. The normalized spacial score (nSPS) is 11.6. The number of hydrogen-bond donors (Lipinski definition) is 1. The lowest BCUT2D eigenvalue weighted by Gasteiger charge is -2.24. The average molecular weight is 272 g/mol. The number of nitrogens with two attached hydrogens (primary N) is 1. The molecule has 2 nitrogen and oxygen atoms in total. The maximum Gasteiger partial charge on any atom is 0.127 e. The molecule has 2 N–H and O–H groups in total. The molecule has 3 heteroatoms. The van der Waals surface area contributed by atoms with Crippen LogP contribution in [0.3, 0.4) is 0 Å². The fourth-order valence-corrected chi connectivity index (χ4v) is 2.14. The number of benzene rings is 1. The molecular weight excluding hydrogens is 254 g/mol. The minimum atomic E-state index is -0.390. The Morgan fingerprint density at radius 3 is 2.40 bits per heavy atom. The van der Waals surface area contributed by atoms with Gasteiger partial charge in [-0.2, -0.15) is 0 Å². The SMILES string of the molecule is CCc1cc(Br)cc(C(C)(C)N)c1OC. The Balaban J connectivity index is 3.42. The topological polar surface area (TPSA) is 35.2 Å². The van der Waals surface area contributed by atoms with Gasteiger partial charge in [0.1, 0.15) is 5.75 Å². The van der Waals surface area contributed by atoms with Crippen LogP contribution in [0.2, 0.25) is 0 Å². The quantitative estimate of drug-likeness (QED) is 0.917. The molecule has 1 aromatic rings. The van der Waals surface area contributed by atoms with E-state index in [1.54, 1.807) is 7.11 Å². The van der Waals surface area contributed by atoms with Crippen LogP contribution in [0.5, 0.6) is 5.75 Å². The predicted octanol–water partition coefficient (Wildman–Crippen LogP) is 3.21. The summed E-state index contributed by atoms with van der Waals surface area (Å²) >= 11 is 3.50. The molecular formula is C12H18BrNO. The number of halogens is 1. The lowest BCUT2D eigenvalue weighted by Crippen LogP contribution is -2.29. The molecule has 1 aromatic carbocycles. The lowest BCUT2D eigenvalue weighted by molar-refractivity contribution is 0.390. The lowest BCUT2D eigenvalue weighted by atomic mass is 9.92. The van der Waals surface area contributed by atoms with Gasteiger partial charge in [-0.05, 0) is 38.0 Å². The standard InChI is InChI=1S/C12H18BrNO/c1-5-8-6-9(13)7-10(11(8)15-4)12(2,3)14/h6-7H,5,14H2,1-4H3. The Bertz CT molecular complexity index is 355. The Morgan fingerprint density at radius 1 is 1.40 bits per heavy atom. The van der Waals surface area contributed by atoms with Crippen molar-refractivity contribution < 1.29 is 4.74 Å². The molecule has 0 unspecified atom stereocenters. The van der Waals surface area contributed by atoms with Crippen LogP contribution < -0.4 is 10.5 Å². The maximum absolute atomic E-state index is 6.12. The molecule has 0 aliphatic rings. The number of methoxy groups -OCH3 is 1. The first-order valence-corrected chi connectivity index (χ1v) is 5.85. The van der Waals surface area contributed by atoms with Gasteiger partial charge in [-0.25, -0.2) is 0 Å². The fourth-order valence-electron chi connectivity index (χ4n) is 1.63. The fraction of sp³-hybridized carbons (Fsp3) is 0.500. The van der Waals surface area contributed by atoms with Crippen LogP contribution in [-0.4, -0.2) is 7.11 Å². The first-order valence-electron chi connectivity index (χ1n) is 5.06. The third-order valence-corrected chi connectivity index (χ3v) is 2.87. The maximum atomic E-state index is 6.12. The molecule has 0 aliphatic carbocycles. The van der Waals surface area contributed by atoms with Crippen LogP contribution >= 0.6 is 15.9 Å². The number of rotatable bonds is 3. The first-order chi connectivity index (χ1) is 6.90. The van der Waals surface area contributed by atoms with Gasteiger partial charge in [0.15, 0.2) is 0 Å². The molecule has 0 bridgehead atoms. The Kier molecular flexibility index (Phi) is 3.79. The smallest absolute Gasteiger partial charge is 0.127 e. The van der Waals surface area contributed by atoms with Crippen molar-refractivity contribution in [3.63, 3.8) is 0 Å². The summed E-state index contributed by atoms with van der Waals surface area (Å²) in [7, 11) is 1.69. The van der Waals surface area contributed by atoms with Crippen molar-refractivity contribution in [2.45, 2.75) is 32.7 Å². The van der Waals surface area contributed by atoms with Gasteiger partial charge in [0.2, 0.25) is 0 Å². The van der Waals surface area contributed by atoms with Gasteiger partial charge in [-0.3, -0.25) is 0 Å². The van der Waals surface area contributed by atoms with E-state index in [0.29, 0.717) is 0 Å². The van der Waals surface area contributed by atoms with Crippen LogP contribution in [-0.2, 0) is 12.0 Å². The highest BCUT2D eigenvalue weighted by molar-refractivity contribution is 9.10. The Morgan fingerprint density at radius 2 is 2.00 bits per heavy atom. The molecule has 0 radical (unpaired) electrons. The van der Waals surface area contributed by atoms with Crippen LogP contribution in [0.1, 0.15) is 31.9 Å². The molecule has 0 saturated carbocycles. The van der Waals surface area contributed by atoms with E-state index in [1.807, 2.05) is 19.9 Å². The van der Waals surface area contributed by atoms with Crippen molar-refractivity contribution in [2.75, 3.05) is 7.11 Å². The zero-order chi connectivity index (χ0) is 11.6. The van der Waals surface area contributed by atoms with Gasteiger partial charge >= 0.3 is 0 Å². The molecule has 0 heterocycles. The van der Waals surface area contributed by atoms with Crippen LogP contribution in [0.4, 0.5) is 0 Å². The molecule has 0 spiro atoms. The van der Waals surface area contributed by atoms with Crippen LogP contribution in [0.15, 0.2) is 16.6 Å². The predicted molar refractivity (Wildman–Crippen MR) is 67.3 cm³/mol. The number of hydrogen-bond acceptors (Lipinski definition) is 2. The summed E-state index contributed by atoms with van der Waals surface area (Å²) in [5.74, 6) is 0.910. The minimum absolute atomic E-state index is 0.390. The molecule has 0 saturated heterocycles. The monoisotopic (exact) mass is 271 g/mol. The van der Waals surface area contributed by atoms with Gasteiger partial charge in [0, 0.05) is 15.6 Å².